The number of hydrogen-bond acceptors (Lipinski definition) is 2. The van der Waals surface area contributed by atoms with Crippen molar-refractivity contribution in [1.29, 1.82) is 0 Å². The van der Waals surface area contributed by atoms with Gasteiger partial charge >= 0.3 is 6.18 Å². The van der Waals surface area contributed by atoms with Crippen molar-refractivity contribution in [2.24, 2.45) is 5.92 Å². The number of hydrogen-bond donors (Lipinski definition) is 1. The lowest BCUT2D eigenvalue weighted by Crippen LogP contribution is -2.49. The van der Waals surface area contributed by atoms with Gasteiger partial charge in [-0.25, -0.2) is 0 Å². The van der Waals surface area contributed by atoms with Crippen molar-refractivity contribution < 1.29 is 17.9 Å². The van der Waals surface area contributed by atoms with E-state index >= 15 is 0 Å². The van der Waals surface area contributed by atoms with Gasteiger partial charge in [0.05, 0.1) is 6.61 Å². The molecule has 14 heavy (non-hydrogen) atoms. The average molecular weight is 209 g/mol. The van der Waals surface area contributed by atoms with Crippen LogP contribution in [0.15, 0.2) is 0 Å². The van der Waals surface area contributed by atoms with E-state index in [0.29, 0.717) is 12.5 Å². The Hall–Kier alpha value is -0.290. The van der Waals surface area contributed by atoms with Crippen molar-refractivity contribution in [2.75, 3.05) is 19.7 Å². The summed E-state index contributed by atoms with van der Waals surface area (Å²) in [4.78, 5) is 0. The molecule has 5 heteroatoms. The van der Waals surface area contributed by atoms with Crippen molar-refractivity contribution in [3.63, 3.8) is 0 Å². The first-order valence-electron chi connectivity index (χ1n) is 4.95. The summed E-state index contributed by atoms with van der Waals surface area (Å²) in [6.07, 6.45) is -2.17. The molecule has 0 aromatic rings. The third-order valence-corrected chi connectivity index (χ3v) is 2.93. The highest BCUT2D eigenvalue weighted by Gasteiger charge is 2.57. The molecule has 0 unspecified atom stereocenters. The Morgan fingerprint density at radius 2 is 2.07 bits per heavy atom. The van der Waals surface area contributed by atoms with Crippen molar-refractivity contribution in [3.8, 4) is 0 Å². The maximum atomic E-state index is 12.7. The molecular weight excluding hydrogens is 195 g/mol. The lowest BCUT2D eigenvalue weighted by atomic mass is 10.0. The topological polar surface area (TPSA) is 21.3 Å². The first kappa shape index (κ1) is 10.2. The standard InChI is InChI=1S/C9H14F3NO/c10-9(11,12)8(3-4-13-6-8)14-5-7-1-2-7/h7,13H,1-6H2/t8-/m1/s1. The third kappa shape index (κ3) is 1.88. The van der Waals surface area contributed by atoms with Crippen molar-refractivity contribution >= 4 is 0 Å². The molecule has 0 bridgehead atoms. The van der Waals surface area contributed by atoms with E-state index < -0.39 is 11.8 Å². The van der Waals surface area contributed by atoms with Gasteiger partial charge in [0, 0.05) is 6.54 Å². The minimum atomic E-state index is -4.24. The van der Waals surface area contributed by atoms with Crippen LogP contribution in [-0.4, -0.2) is 31.5 Å². The summed E-state index contributed by atoms with van der Waals surface area (Å²) in [5, 5.41) is 2.72. The average Bonchev–Trinajstić information content (AvgIpc) is 2.78. The molecule has 2 fully saturated rings. The molecule has 0 amide bonds. The first-order chi connectivity index (χ1) is 6.54. The van der Waals surface area contributed by atoms with Gasteiger partial charge in [0.2, 0.25) is 0 Å². The molecule has 0 aromatic heterocycles. The highest BCUT2D eigenvalue weighted by molar-refractivity contribution is 4.96. The maximum absolute atomic E-state index is 12.7. The van der Waals surface area contributed by atoms with Crippen LogP contribution in [0, 0.1) is 5.92 Å². The first-order valence-corrected chi connectivity index (χ1v) is 4.95. The van der Waals surface area contributed by atoms with Crippen LogP contribution in [0.4, 0.5) is 13.2 Å². The van der Waals surface area contributed by atoms with Gasteiger partial charge in [0.1, 0.15) is 0 Å². The number of nitrogens with one attached hydrogen (secondary N) is 1. The van der Waals surface area contributed by atoms with Gasteiger partial charge in [-0.1, -0.05) is 0 Å². The fraction of sp³-hybridized carbons (Fsp3) is 1.00. The molecule has 0 aromatic carbocycles. The van der Waals surface area contributed by atoms with Crippen LogP contribution in [-0.2, 0) is 4.74 Å². The largest absolute Gasteiger partial charge is 0.418 e. The van der Waals surface area contributed by atoms with E-state index in [-0.39, 0.29) is 19.6 Å². The summed E-state index contributed by atoms with van der Waals surface area (Å²) < 4.78 is 43.3. The SMILES string of the molecule is FC(F)(F)[C@@]1(OCC2CC2)CCNC1. The monoisotopic (exact) mass is 209 g/mol. The second-order valence-electron chi connectivity index (χ2n) is 4.17. The molecule has 2 aliphatic rings. The number of rotatable bonds is 3. The Morgan fingerprint density at radius 1 is 1.36 bits per heavy atom. The predicted octanol–water partition coefficient (Wildman–Crippen LogP) is 1.71. The molecule has 0 spiro atoms. The molecule has 1 saturated heterocycles. The quantitative estimate of drug-likeness (QED) is 0.764. The molecule has 1 aliphatic heterocycles. The molecule has 0 radical (unpaired) electrons. The normalized spacial score (nSPS) is 33.6. The highest BCUT2D eigenvalue weighted by Crippen LogP contribution is 2.40. The molecule has 1 saturated carbocycles. The van der Waals surface area contributed by atoms with Crippen LogP contribution >= 0.6 is 0 Å². The van der Waals surface area contributed by atoms with E-state index in [2.05, 4.69) is 5.32 Å². The molecular formula is C9H14F3NO. The van der Waals surface area contributed by atoms with Crippen LogP contribution in [0.3, 0.4) is 0 Å². The van der Waals surface area contributed by atoms with E-state index in [9.17, 15) is 13.2 Å². The van der Waals surface area contributed by atoms with Gasteiger partial charge in [-0.3, -0.25) is 0 Å². The Morgan fingerprint density at radius 3 is 2.50 bits per heavy atom. The van der Waals surface area contributed by atoms with E-state index in [1.165, 1.54) is 0 Å². The summed E-state index contributed by atoms with van der Waals surface area (Å²) >= 11 is 0. The molecule has 1 aliphatic carbocycles. The molecule has 82 valence electrons. The van der Waals surface area contributed by atoms with E-state index in [0.717, 1.165) is 12.8 Å². The number of alkyl halides is 3. The second-order valence-corrected chi connectivity index (χ2v) is 4.17. The van der Waals surface area contributed by atoms with E-state index in [4.69, 9.17) is 4.74 Å². The van der Waals surface area contributed by atoms with Crippen LogP contribution in [0.1, 0.15) is 19.3 Å². The van der Waals surface area contributed by atoms with Gasteiger partial charge < -0.3 is 10.1 Å². The smallest absolute Gasteiger partial charge is 0.364 e. The summed E-state index contributed by atoms with van der Waals surface area (Å²) in [7, 11) is 0. The summed E-state index contributed by atoms with van der Waals surface area (Å²) in [6.45, 7) is 0.564. The maximum Gasteiger partial charge on any atom is 0.418 e. The molecule has 1 atom stereocenters. The van der Waals surface area contributed by atoms with Crippen LogP contribution < -0.4 is 5.32 Å². The summed E-state index contributed by atoms with van der Waals surface area (Å²) in [6, 6.07) is 0. The number of ether oxygens (including phenoxy) is 1. The van der Waals surface area contributed by atoms with Crippen molar-refractivity contribution in [1.82, 2.24) is 5.32 Å². The Bertz CT molecular complexity index is 207. The van der Waals surface area contributed by atoms with Crippen molar-refractivity contribution in [3.05, 3.63) is 0 Å². The Labute approximate surface area is 80.8 Å². The van der Waals surface area contributed by atoms with Crippen LogP contribution in [0.5, 0.6) is 0 Å². The second kappa shape index (κ2) is 3.38. The lowest BCUT2D eigenvalue weighted by molar-refractivity contribution is -0.270. The molecule has 2 nitrogen and oxygen atoms in total. The fourth-order valence-electron chi connectivity index (χ4n) is 1.68. The highest BCUT2D eigenvalue weighted by atomic mass is 19.4. The minimum absolute atomic E-state index is 0.0449. The van der Waals surface area contributed by atoms with Gasteiger partial charge in [0.15, 0.2) is 5.60 Å². The predicted molar refractivity (Wildman–Crippen MR) is 44.9 cm³/mol. The Balaban J connectivity index is 1.97. The van der Waals surface area contributed by atoms with E-state index in [1.807, 2.05) is 0 Å². The zero-order valence-electron chi connectivity index (χ0n) is 7.86. The van der Waals surface area contributed by atoms with Crippen LogP contribution in [0.25, 0.3) is 0 Å². The van der Waals surface area contributed by atoms with Crippen molar-refractivity contribution in [2.45, 2.75) is 31.0 Å². The molecule has 2 rings (SSSR count). The number of halogens is 3. The van der Waals surface area contributed by atoms with E-state index in [1.54, 1.807) is 0 Å². The van der Waals surface area contributed by atoms with Gasteiger partial charge in [-0.2, -0.15) is 13.2 Å². The van der Waals surface area contributed by atoms with Gasteiger partial charge in [-0.15, -0.1) is 0 Å². The zero-order chi connectivity index (χ0) is 10.2. The molecule has 1 N–H and O–H groups in total. The van der Waals surface area contributed by atoms with Gasteiger partial charge in [0.25, 0.3) is 0 Å². The zero-order valence-corrected chi connectivity index (χ0v) is 7.86. The molecule has 1 heterocycles. The summed E-state index contributed by atoms with van der Waals surface area (Å²) in [5.41, 5.74) is -1.91. The third-order valence-electron chi connectivity index (χ3n) is 2.93. The lowest BCUT2D eigenvalue weighted by Gasteiger charge is -2.31. The minimum Gasteiger partial charge on any atom is -0.364 e. The fourth-order valence-corrected chi connectivity index (χ4v) is 1.68. The van der Waals surface area contributed by atoms with Crippen LogP contribution in [0.2, 0.25) is 0 Å². The Kier molecular flexibility index (Phi) is 2.47. The van der Waals surface area contributed by atoms with Gasteiger partial charge in [-0.05, 0) is 31.7 Å². The summed E-state index contributed by atoms with van der Waals surface area (Å²) in [5.74, 6) is 0.370.